The lowest BCUT2D eigenvalue weighted by Crippen LogP contribution is -2.27. The van der Waals surface area contributed by atoms with Crippen molar-refractivity contribution < 1.29 is 27.4 Å². The largest absolute Gasteiger partial charge is 0.494 e. The van der Waals surface area contributed by atoms with Crippen molar-refractivity contribution in [2.45, 2.75) is 24.8 Å². The molecule has 3 aromatic carbocycles. The Labute approximate surface area is 198 Å². The number of sulfonamides is 1. The first kappa shape index (κ1) is 23.6. The summed E-state index contributed by atoms with van der Waals surface area (Å²) in [5.41, 5.74) is 2.12. The van der Waals surface area contributed by atoms with E-state index < -0.39 is 10.0 Å². The Morgan fingerprint density at radius 2 is 1.82 bits per heavy atom. The fourth-order valence-corrected chi connectivity index (χ4v) is 4.45. The highest BCUT2D eigenvalue weighted by Crippen LogP contribution is 2.32. The van der Waals surface area contributed by atoms with Crippen molar-refractivity contribution in [2.75, 3.05) is 19.9 Å². The van der Waals surface area contributed by atoms with Gasteiger partial charge in [-0.1, -0.05) is 24.3 Å². The number of ether oxygens (including phenoxy) is 3. The predicted octanol–water partition coefficient (Wildman–Crippen LogP) is 3.40. The molecule has 1 aliphatic heterocycles. The second kappa shape index (κ2) is 10.6. The molecule has 34 heavy (non-hydrogen) atoms. The van der Waals surface area contributed by atoms with Gasteiger partial charge in [0, 0.05) is 18.7 Å². The number of nitrogens with one attached hydrogen (secondary N) is 2. The first-order valence-electron chi connectivity index (χ1n) is 10.9. The minimum Gasteiger partial charge on any atom is -0.494 e. The smallest absolute Gasteiger partial charge is 0.251 e. The maximum atomic E-state index is 12.8. The molecule has 0 aromatic heterocycles. The summed E-state index contributed by atoms with van der Waals surface area (Å²) >= 11 is 0. The summed E-state index contributed by atoms with van der Waals surface area (Å²) in [4.78, 5) is 12.5. The van der Waals surface area contributed by atoms with Crippen LogP contribution in [-0.2, 0) is 16.6 Å². The van der Waals surface area contributed by atoms with Gasteiger partial charge in [0.1, 0.15) is 5.75 Å². The van der Waals surface area contributed by atoms with Gasteiger partial charge < -0.3 is 19.5 Å². The monoisotopic (exact) mass is 482 g/mol. The lowest BCUT2D eigenvalue weighted by Gasteiger charge is -2.10. The molecule has 9 heteroatoms. The molecule has 0 fully saturated rings. The zero-order chi connectivity index (χ0) is 24.0. The molecule has 1 amide bonds. The molecule has 0 unspecified atom stereocenters. The number of hydrogen-bond acceptors (Lipinski definition) is 6. The molecule has 0 saturated carbocycles. The highest BCUT2D eigenvalue weighted by molar-refractivity contribution is 7.89. The van der Waals surface area contributed by atoms with Crippen LogP contribution in [0.25, 0.3) is 0 Å². The predicted molar refractivity (Wildman–Crippen MR) is 127 cm³/mol. The van der Waals surface area contributed by atoms with Crippen molar-refractivity contribution in [1.82, 2.24) is 10.0 Å². The van der Waals surface area contributed by atoms with E-state index in [0.29, 0.717) is 31.1 Å². The lowest BCUT2D eigenvalue weighted by atomic mass is 10.2. The van der Waals surface area contributed by atoms with Gasteiger partial charge in [-0.05, 0) is 66.9 Å². The average Bonchev–Trinajstić information content (AvgIpc) is 3.31. The van der Waals surface area contributed by atoms with Crippen molar-refractivity contribution in [1.29, 1.82) is 0 Å². The van der Waals surface area contributed by atoms with Crippen LogP contribution < -0.4 is 24.2 Å². The molecule has 0 radical (unpaired) electrons. The Morgan fingerprint density at radius 1 is 1.00 bits per heavy atom. The number of rotatable bonds is 10. The molecule has 2 N–H and O–H groups in total. The highest BCUT2D eigenvalue weighted by atomic mass is 32.2. The van der Waals surface area contributed by atoms with Crippen molar-refractivity contribution in [3.8, 4) is 17.2 Å². The Balaban J connectivity index is 1.28. The molecule has 0 aliphatic carbocycles. The van der Waals surface area contributed by atoms with E-state index in [9.17, 15) is 13.2 Å². The first-order valence-corrected chi connectivity index (χ1v) is 12.3. The van der Waals surface area contributed by atoms with E-state index in [2.05, 4.69) is 10.0 Å². The second-order valence-electron chi connectivity index (χ2n) is 7.81. The molecule has 0 spiro atoms. The summed E-state index contributed by atoms with van der Waals surface area (Å²) in [6.45, 7) is 3.09. The number of hydrogen-bond donors (Lipinski definition) is 2. The van der Waals surface area contributed by atoms with Crippen LogP contribution in [0.5, 0.6) is 17.2 Å². The van der Waals surface area contributed by atoms with E-state index in [0.717, 1.165) is 16.9 Å². The Kier molecular flexibility index (Phi) is 7.34. The van der Waals surface area contributed by atoms with Crippen LogP contribution in [0.4, 0.5) is 0 Å². The number of carbonyl (C=O) groups is 1. The summed E-state index contributed by atoms with van der Waals surface area (Å²) in [5, 5.41) is 2.80. The van der Waals surface area contributed by atoms with Crippen molar-refractivity contribution >= 4 is 15.9 Å². The maximum Gasteiger partial charge on any atom is 0.251 e. The van der Waals surface area contributed by atoms with Gasteiger partial charge in [0.05, 0.1) is 11.5 Å². The number of aryl methyl sites for hydroxylation is 1. The van der Waals surface area contributed by atoms with Crippen LogP contribution in [0.2, 0.25) is 0 Å². The molecular weight excluding hydrogens is 456 g/mol. The summed E-state index contributed by atoms with van der Waals surface area (Å²) in [5.74, 6) is 1.66. The molecule has 8 nitrogen and oxygen atoms in total. The first-order chi connectivity index (χ1) is 16.4. The second-order valence-corrected chi connectivity index (χ2v) is 9.58. The summed E-state index contributed by atoms with van der Waals surface area (Å²) in [6.07, 6.45) is 0.620. The lowest BCUT2D eigenvalue weighted by molar-refractivity contribution is 0.0951. The van der Waals surface area contributed by atoms with Gasteiger partial charge in [0.25, 0.3) is 5.91 Å². The van der Waals surface area contributed by atoms with Crippen molar-refractivity contribution in [3.63, 3.8) is 0 Å². The Hall–Kier alpha value is -3.56. The molecule has 0 atom stereocenters. The van der Waals surface area contributed by atoms with Crippen LogP contribution in [0.3, 0.4) is 0 Å². The normalized spacial score (nSPS) is 12.4. The van der Waals surface area contributed by atoms with Crippen LogP contribution in [-0.4, -0.2) is 34.3 Å². The maximum absolute atomic E-state index is 12.8. The number of carbonyl (C=O) groups excluding carboxylic acids is 1. The van der Waals surface area contributed by atoms with E-state index >= 15 is 0 Å². The molecule has 178 valence electrons. The Morgan fingerprint density at radius 3 is 2.68 bits per heavy atom. The molecule has 1 aliphatic rings. The van der Waals surface area contributed by atoms with Crippen LogP contribution in [0, 0.1) is 6.92 Å². The third-order valence-corrected chi connectivity index (χ3v) is 6.57. The number of fused-ring (bicyclic) bond motifs is 1. The SMILES string of the molecule is Cc1cccc(OCCCNC(=O)c2cccc(S(=O)(=O)NCc3ccc4c(c3)OCO4)c2)c1. The Bertz CT molecular complexity index is 1280. The fourth-order valence-electron chi connectivity index (χ4n) is 3.39. The van der Waals surface area contributed by atoms with E-state index in [1.807, 2.05) is 31.2 Å². The zero-order valence-corrected chi connectivity index (χ0v) is 19.6. The van der Waals surface area contributed by atoms with Gasteiger partial charge in [-0.15, -0.1) is 0 Å². The minimum absolute atomic E-state index is 0.0173. The van der Waals surface area contributed by atoms with Crippen LogP contribution >= 0.6 is 0 Å². The molecule has 0 bridgehead atoms. The van der Waals surface area contributed by atoms with Gasteiger partial charge in [0.15, 0.2) is 11.5 Å². The van der Waals surface area contributed by atoms with E-state index in [1.54, 1.807) is 30.3 Å². The van der Waals surface area contributed by atoms with E-state index in [1.165, 1.54) is 12.1 Å². The summed E-state index contributed by atoms with van der Waals surface area (Å²) in [7, 11) is -3.81. The van der Waals surface area contributed by atoms with Gasteiger partial charge >= 0.3 is 0 Å². The number of amides is 1. The quantitative estimate of drug-likeness (QED) is 0.430. The fraction of sp³-hybridized carbons (Fsp3) is 0.240. The molecule has 1 heterocycles. The van der Waals surface area contributed by atoms with Gasteiger partial charge in [-0.25, -0.2) is 13.1 Å². The third kappa shape index (κ3) is 6.06. The van der Waals surface area contributed by atoms with Crippen molar-refractivity contribution in [3.05, 3.63) is 83.4 Å². The van der Waals surface area contributed by atoms with E-state index in [-0.39, 0.29) is 29.7 Å². The average molecular weight is 483 g/mol. The van der Waals surface area contributed by atoms with E-state index in [4.69, 9.17) is 14.2 Å². The van der Waals surface area contributed by atoms with Crippen LogP contribution in [0.1, 0.15) is 27.9 Å². The van der Waals surface area contributed by atoms with Crippen molar-refractivity contribution in [2.24, 2.45) is 0 Å². The van der Waals surface area contributed by atoms with Crippen LogP contribution in [0.15, 0.2) is 71.6 Å². The number of benzene rings is 3. The molecule has 4 rings (SSSR count). The van der Waals surface area contributed by atoms with Gasteiger partial charge in [-0.2, -0.15) is 0 Å². The van der Waals surface area contributed by atoms with Gasteiger partial charge in [-0.3, -0.25) is 4.79 Å². The molecule has 3 aromatic rings. The summed E-state index contributed by atoms with van der Waals surface area (Å²) in [6, 6.07) is 18.9. The highest BCUT2D eigenvalue weighted by Gasteiger charge is 2.18. The third-order valence-electron chi connectivity index (χ3n) is 5.17. The zero-order valence-electron chi connectivity index (χ0n) is 18.7. The molecule has 0 saturated heterocycles. The topological polar surface area (TPSA) is 103 Å². The summed E-state index contributed by atoms with van der Waals surface area (Å²) < 4.78 is 44.3. The standard InChI is InChI=1S/C25H26N2O6S/c1-18-5-2-7-21(13-18)31-12-4-11-26-25(28)20-6-3-8-22(15-20)34(29,30)27-16-19-9-10-23-24(14-19)33-17-32-23/h2-3,5-10,13-15,27H,4,11-12,16-17H2,1H3,(H,26,28). The minimum atomic E-state index is -3.81. The van der Waals surface area contributed by atoms with Gasteiger partial charge in [0.2, 0.25) is 16.8 Å². The molecular formula is C25H26N2O6S.